The van der Waals surface area contributed by atoms with Crippen molar-refractivity contribution in [3.05, 3.63) is 59.8 Å². The quantitative estimate of drug-likeness (QED) is 0.874. The Labute approximate surface area is 117 Å². The fourth-order valence-electron chi connectivity index (χ4n) is 1.76. The van der Waals surface area contributed by atoms with Gasteiger partial charge < -0.3 is 10.4 Å². The van der Waals surface area contributed by atoms with Crippen molar-refractivity contribution >= 4 is 21.4 Å². The molecule has 2 aromatic carbocycles. The minimum absolute atomic E-state index is 0.260. The van der Waals surface area contributed by atoms with E-state index in [1.807, 2.05) is 0 Å². The lowest BCUT2D eigenvalue weighted by Crippen LogP contribution is -2.28. The Morgan fingerprint density at radius 1 is 1.00 bits per heavy atom. The van der Waals surface area contributed by atoms with Gasteiger partial charge in [0.15, 0.2) is 0 Å². The van der Waals surface area contributed by atoms with Crippen LogP contribution >= 0.6 is 0 Å². The Morgan fingerprint density at radius 2 is 1.55 bits per heavy atom. The minimum atomic E-state index is -3.94. The molecule has 0 aliphatic heterocycles. The fraction of sp³-hybridized carbons (Fsp3) is 0.0769. The van der Waals surface area contributed by atoms with Gasteiger partial charge in [0.25, 0.3) is 10.0 Å². The molecule has 0 amide bonds. The predicted octanol–water partition coefficient (Wildman–Crippen LogP) is 2.21. The van der Waals surface area contributed by atoms with E-state index < -0.39 is 15.2 Å². The molecule has 0 spiro atoms. The van der Waals surface area contributed by atoms with Crippen molar-refractivity contribution in [2.24, 2.45) is 0 Å². The molecular weight excluding hydrogens is 280 g/mol. The first kappa shape index (κ1) is 14.3. The molecule has 6 nitrogen and oxygen atoms in total. The number of rotatable bonds is 4. The lowest BCUT2D eigenvalue weighted by molar-refractivity contribution is 0.294. The molecule has 0 fully saturated rings. The number of hydrogen-bond acceptors (Lipinski definition) is 5. The smallest absolute Gasteiger partial charge is 0.266 e. The Morgan fingerprint density at radius 3 is 2.15 bits per heavy atom. The summed E-state index contributed by atoms with van der Waals surface area (Å²) in [6, 6.07) is 13.9. The molecule has 0 bridgehead atoms. The average molecular weight is 293 g/mol. The number of hydrogen-bond donors (Lipinski definition) is 1. The Hall–Kier alpha value is -2.09. The van der Waals surface area contributed by atoms with Crippen molar-refractivity contribution in [3.8, 4) is 0 Å². The van der Waals surface area contributed by atoms with E-state index in [4.69, 9.17) is 5.21 Å². The molecule has 0 saturated heterocycles. The molecule has 0 unspecified atom stereocenters. The number of benzene rings is 2. The summed E-state index contributed by atoms with van der Waals surface area (Å²) in [6.07, 6.45) is 0. The van der Waals surface area contributed by atoms with Crippen LogP contribution in [0.4, 0.5) is 11.4 Å². The monoisotopic (exact) mass is 293 g/mol. The topological polar surface area (TPSA) is 83.9 Å². The fourth-order valence-corrected chi connectivity index (χ4v) is 3.11. The van der Waals surface area contributed by atoms with Crippen LogP contribution in [0.1, 0.15) is 0 Å². The van der Waals surface area contributed by atoms with Gasteiger partial charge in [0.1, 0.15) is 4.90 Å². The first-order valence-electron chi connectivity index (χ1n) is 5.74. The molecule has 0 aromatic heterocycles. The van der Waals surface area contributed by atoms with Crippen molar-refractivity contribution < 1.29 is 13.6 Å². The van der Waals surface area contributed by atoms with Crippen LogP contribution in [0.5, 0.6) is 0 Å². The molecule has 106 valence electrons. The standard InChI is InChI=1S/C13H13N2O4S/c1-14(11-7-3-2-4-8-11)20(18,19)13-10-6-5-9-12(13)15(16)17/h2-10,16H,1H3/q-1. The van der Waals surface area contributed by atoms with Gasteiger partial charge in [-0.2, -0.15) is 0 Å². The van der Waals surface area contributed by atoms with E-state index in [1.165, 1.54) is 31.3 Å². The Balaban J connectivity index is 2.51. The molecule has 0 heterocycles. The molecule has 2 aromatic rings. The van der Waals surface area contributed by atoms with E-state index in [0.717, 1.165) is 4.31 Å². The van der Waals surface area contributed by atoms with Crippen LogP contribution in [0.2, 0.25) is 0 Å². The van der Waals surface area contributed by atoms with Crippen molar-refractivity contribution in [2.75, 3.05) is 16.6 Å². The van der Waals surface area contributed by atoms with E-state index in [0.29, 0.717) is 5.69 Å². The molecule has 20 heavy (non-hydrogen) atoms. The lowest BCUT2D eigenvalue weighted by Gasteiger charge is -2.27. The maximum atomic E-state index is 12.5. The predicted molar refractivity (Wildman–Crippen MR) is 76.1 cm³/mol. The van der Waals surface area contributed by atoms with Gasteiger partial charge in [-0.25, -0.2) is 8.42 Å². The van der Waals surface area contributed by atoms with Crippen LogP contribution in [-0.4, -0.2) is 20.7 Å². The van der Waals surface area contributed by atoms with Crippen molar-refractivity contribution in [1.29, 1.82) is 0 Å². The van der Waals surface area contributed by atoms with Crippen molar-refractivity contribution in [2.45, 2.75) is 4.90 Å². The number of anilines is 2. The molecule has 0 radical (unpaired) electrons. The molecular formula is C13H13N2O4S-. The minimum Gasteiger partial charge on any atom is -0.733 e. The highest BCUT2D eigenvalue weighted by atomic mass is 32.2. The number of nitrogens with zero attached hydrogens (tertiary/aromatic N) is 2. The third-order valence-corrected chi connectivity index (χ3v) is 4.66. The molecule has 1 N–H and O–H groups in total. The van der Waals surface area contributed by atoms with Gasteiger partial charge in [0.2, 0.25) is 0 Å². The number of sulfonamides is 1. The van der Waals surface area contributed by atoms with Gasteiger partial charge in [-0.15, -0.1) is 0 Å². The highest BCUT2D eigenvalue weighted by Gasteiger charge is 2.24. The SMILES string of the molecule is CN(c1ccccc1)S(=O)(=O)c1ccccc1N([O-])O. The van der Waals surface area contributed by atoms with Crippen molar-refractivity contribution in [1.82, 2.24) is 0 Å². The van der Waals surface area contributed by atoms with E-state index in [-0.39, 0.29) is 10.6 Å². The van der Waals surface area contributed by atoms with Crippen LogP contribution < -0.4 is 9.53 Å². The summed E-state index contributed by atoms with van der Waals surface area (Å²) in [5, 5.41) is 19.6. The second-order valence-electron chi connectivity index (χ2n) is 4.05. The number of para-hydroxylation sites is 2. The molecule has 7 heteroatoms. The summed E-state index contributed by atoms with van der Waals surface area (Å²) in [7, 11) is -2.55. The average Bonchev–Trinajstić information content (AvgIpc) is 2.47. The summed E-state index contributed by atoms with van der Waals surface area (Å²) in [4.78, 5) is -0.260. The highest BCUT2D eigenvalue weighted by molar-refractivity contribution is 7.93. The zero-order valence-corrected chi connectivity index (χ0v) is 11.5. The van der Waals surface area contributed by atoms with E-state index in [1.54, 1.807) is 30.3 Å². The van der Waals surface area contributed by atoms with Gasteiger partial charge in [0, 0.05) is 7.05 Å². The highest BCUT2D eigenvalue weighted by Crippen LogP contribution is 2.28. The molecule has 0 saturated carbocycles. The van der Waals surface area contributed by atoms with Crippen LogP contribution in [0, 0.1) is 5.21 Å². The first-order valence-corrected chi connectivity index (χ1v) is 7.18. The zero-order valence-electron chi connectivity index (χ0n) is 10.7. The summed E-state index contributed by atoms with van der Waals surface area (Å²) >= 11 is 0. The molecule has 0 aliphatic rings. The zero-order chi connectivity index (χ0) is 14.8. The second kappa shape index (κ2) is 5.49. The van der Waals surface area contributed by atoms with E-state index in [9.17, 15) is 13.6 Å². The summed E-state index contributed by atoms with van der Waals surface area (Å²) in [5.74, 6) is 0. The Kier molecular flexibility index (Phi) is 3.93. The maximum absolute atomic E-state index is 12.5. The van der Waals surface area contributed by atoms with E-state index in [2.05, 4.69) is 0 Å². The Bertz CT molecular complexity index is 687. The first-order chi connectivity index (χ1) is 9.44. The van der Waals surface area contributed by atoms with Gasteiger partial charge in [-0.3, -0.25) is 9.51 Å². The van der Waals surface area contributed by atoms with Crippen molar-refractivity contribution in [3.63, 3.8) is 0 Å². The van der Waals surface area contributed by atoms with Crippen LogP contribution in [0.15, 0.2) is 59.5 Å². The summed E-state index contributed by atoms with van der Waals surface area (Å²) < 4.78 is 26.1. The molecule has 2 rings (SSSR count). The normalized spacial score (nSPS) is 11.2. The molecule has 0 atom stereocenters. The van der Waals surface area contributed by atoms with Crippen LogP contribution in [0.25, 0.3) is 0 Å². The lowest BCUT2D eigenvalue weighted by atomic mass is 10.3. The van der Waals surface area contributed by atoms with Crippen LogP contribution in [0.3, 0.4) is 0 Å². The van der Waals surface area contributed by atoms with Gasteiger partial charge in [-0.05, 0) is 24.3 Å². The maximum Gasteiger partial charge on any atom is 0.266 e. The van der Waals surface area contributed by atoms with Gasteiger partial charge in [0.05, 0.1) is 11.4 Å². The summed E-state index contributed by atoms with van der Waals surface area (Å²) in [6.45, 7) is 0. The third-order valence-electron chi connectivity index (χ3n) is 2.83. The largest absolute Gasteiger partial charge is 0.733 e. The summed E-state index contributed by atoms with van der Waals surface area (Å²) in [5.41, 5.74) is 0.132. The van der Waals surface area contributed by atoms with E-state index >= 15 is 0 Å². The third kappa shape index (κ3) is 2.60. The molecule has 0 aliphatic carbocycles. The van der Waals surface area contributed by atoms with Gasteiger partial charge >= 0.3 is 0 Å². The second-order valence-corrected chi connectivity index (χ2v) is 5.99. The van der Waals surface area contributed by atoms with Gasteiger partial charge in [-0.1, -0.05) is 30.3 Å². The van der Waals surface area contributed by atoms with Crippen LogP contribution in [-0.2, 0) is 10.0 Å².